The molecule has 4 rings (SSSR count). The fourth-order valence-corrected chi connectivity index (χ4v) is 3.58. The first-order chi connectivity index (χ1) is 13.2. The summed E-state index contributed by atoms with van der Waals surface area (Å²) in [4.78, 5) is 19.5. The van der Waals surface area contributed by atoms with E-state index < -0.39 is 0 Å². The monoisotopic (exact) mass is 369 g/mol. The Balaban J connectivity index is 1.41. The Morgan fingerprint density at radius 2 is 2.19 bits per heavy atom. The molecule has 144 valence electrons. The van der Waals surface area contributed by atoms with E-state index in [1.807, 2.05) is 36.1 Å². The van der Waals surface area contributed by atoms with Crippen molar-refractivity contribution in [2.24, 2.45) is 5.92 Å². The highest BCUT2D eigenvalue weighted by Gasteiger charge is 2.32. The minimum atomic E-state index is -0.139. The van der Waals surface area contributed by atoms with E-state index in [9.17, 15) is 4.79 Å². The van der Waals surface area contributed by atoms with Gasteiger partial charge < -0.3 is 14.2 Å². The third kappa shape index (κ3) is 4.56. The second-order valence-electron chi connectivity index (χ2n) is 7.70. The van der Waals surface area contributed by atoms with Crippen LogP contribution < -0.4 is 0 Å². The number of rotatable bonds is 7. The predicted octanol–water partition coefficient (Wildman–Crippen LogP) is 3.71. The number of ether oxygens (including phenoxy) is 1. The quantitative estimate of drug-likeness (QED) is 0.696. The van der Waals surface area contributed by atoms with Crippen molar-refractivity contribution in [2.75, 3.05) is 19.8 Å². The average molecular weight is 369 g/mol. The van der Waals surface area contributed by atoms with Crippen molar-refractivity contribution in [3.8, 4) is 0 Å². The molecule has 1 aliphatic heterocycles. The molecular formula is C21H27N3O3. The van der Waals surface area contributed by atoms with E-state index in [4.69, 9.17) is 9.26 Å². The van der Waals surface area contributed by atoms with Crippen molar-refractivity contribution in [1.82, 2.24) is 15.0 Å². The van der Waals surface area contributed by atoms with Crippen LogP contribution in [0, 0.1) is 12.8 Å². The van der Waals surface area contributed by atoms with Gasteiger partial charge in [-0.05, 0) is 57.1 Å². The Morgan fingerprint density at radius 1 is 1.30 bits per heavy atom. The molecule has 1 amide bonds. The van der Waals surface area contributed by atoms with Crippen LogP contribution in [0.4, 0.5) is 0 Å². The molecule has 0 N–H and O–H groups in total. The fraction of sp³-hybridized carbons (Fsp3) is 0.571. The van der Waals surface area contributed by atoms with Crippen molar-refractivity contribution in [3.05, 3.63) is 47.1 Å². The number of likely N-dealkylation sites (tertiary alicyclic amines) is 1. The summed E-state index contributed by atoms with van der Waals surface area (Å²) >= 11 is 0. The van der Waals surface area contributed by atoms with Gasteiger partial charge in [-0.25, -0.2) is 0 Å². The number of piperidine rings is 1. The van der Waals surface area contributed by atoms with Crippen molar-refractivity contribution in [2.45, 2.75) is 51.5 Å². The number of carbonyl (C=O) groups is 1. The molecule has 2 aromatic rings. The van der Waals surface area contributed by atoms with Gasteiger partial charge >= 0.3 is 0 Å². The third-order valence-electron chi connectivity index (χ3n) is 5.32. The van der Waals surface area contributed by atoms with Crippen LogP contribution in [0.2, 0.25) is 0 Å². The zero-order valence-corrected chi connectivity index (χ0v) is 15.9. The maximum atomic E-state index is 13.0. The Labute approximate surface area is 159 Å². The molecule has 1 atom stereocenters. The fourth-order valence-electron chi connectivity index (χ4n) is 3.58. The summed E-state index contributed by atoms with van der Waals surface area (Å²) in [6.45, 7) is 4.18. The predicted molar refractivity (Wildman–Crippen MR) is 100 cm³/mol. The van der Waals surface area contributed by atoms with E-state index in [1.165, 1.54) is 12.8 Å². The first-order valence-corrected chi connectivity index (χ1v) is 9.98. The zero-order valence-electron chi connectivity index (χ0n) is 15.9. The number of nitrogens with zero attached hydrogens (tertiary/aromatic N) is 3. The molecule has 6 nitrogen and oxygen atoms in total. The van der Waals surface area contributed by atoms with E-state index in [1.54, 1.807) is 0 Å². The topological polar surface area (TPSA) is 68.5 Å². The Hall–Kier alpha value is -2.21. The third-order valence-corrected chi connectivity index (χ3v) is 5.32. The van der Waals surface area contributed by atoms with Crippen LogP contribution in [0.3, 0.4) is 0 Å². The van der Waals surface area contributed by atoms with E-state index in [-0.39, 0.29) is 11.9 Å². The van der Waals surface area contributed by atoms with Gasteiger partial charge in [0.05, 0.1) is 6.61 Å². The van der Waals surface area contributed by atoms with Gasteiger partial charge in [0, 0.05) is 25.1 Å². The van der Waals surface area contributed by atoms with E-state index in [0.717, 1.165) is 49.5 Å². The van der Waals surface area contributed by atoms with E-state index in [0.29, 0.717) is 24.7 Å². The van der Waals surface area contributed by atoms with Gasteiger partial charge in [-0.3, -0.25) is 4.79 Å². The Kier molecular flexibility index (Phi) is 5.53. The number of aryl methyl sites for hydroxylation is 1. The molecular weight excluding hydrogens is 342 g/mol. The molecule has 1 aromatic carbocycles. The summed E-state index contributed by atoms with van der Waals surface area (Å²) in [5, 5.41) is 4.10. The summed E-state index contributed by atoms with van der Waals surface area (Å²) in [7, 11) is 0. The van der Waals surface area contributed by atoms with Gasteiger partial charge in [-0.15, -0.1) is 0 Å². The molecule has 1 unspecified atom stereocenters. The number of hydrogen-bond acceptors (Lipinski definition) is 5. The SMILES string of the molecule is Cc1cccc(C(=O)N2CCCCC2c2nc(CCOCC3CC3)no2)c1. The van der Waals surface area contributed by atoms with Crippen LogP contribution in [0.5, 0.6) is 0 Å². The molecule has 1 aromatic heterocycles. The van der Waals surface area contributed by atoms with Crippen molar-refractivity contribution in [3.63, 3.8) is 0 Å². The normalized spacial score (nSPS) is 20.0. The summed E-state index contributed by atoms with van der Waals surface area (Å²) in [6.07, 6.45) is 6.15. The van der Waals surface area contributed by atoms with Crippen molar-refractivity contribution < 1.29 is 14.1 Å². The molecule has 2 fully saturated rings. The minimum Gasteiger partial charge on any atom is -0.381 e. The molecule has 0 spiro atoms. The van der Waals surface area contributed by atoms with Crippen LogP contribution in [0.1, 0.15) is 65.8 Å². The lowest BCUT2D eigenvalue weighted by Crippen LogP contribution is -2.38. The maximum Gasteiger partial charge on any atom is 0.254 e. The molecule has 1 saturated carbocycles. The van der Waals surface area contributed by atoms with E-state index >= 15 is 0 Å². The van der Waals surface area contributed by atoms with Gasteiger partial charge in [0.2, 0.25) is 5.89 Å². The number of aromatic nitrogens is 2. The second-order valence-corrected chi connectivity index (χ2v) is 7.70. The number of amides is 1. The summed E-state index contributed by atoms with van der Waals surface area (Å²) in [5.74, 6) is 2.01. The van der Waals surface area contributed by atoms with Gasteiger partial charge in [-0.2, -0.15) is 4.98 Å². The highest BCUT2D eigenvalue weighted by molar-refractivity contribution is 5.94. The van der Waals surface area contributed by atoms with E-state index in [2.05, 4.69) is 10.1 Å². The van der Waals surface area contributed by atoms with Crippen LogP contribution >= 0.6 is 0 Å². The van der Waals surface area contributed by atoms with Gasteiger partial charge in [0.15, 0.2) is 5.82 Å². The zero-order chi connectivity index (χ0) is 18.6. The molecule has 1 saturated heterocycles. The average Bonchev–Trinajstić information content (AvgIpc) is 3.40. The molecule has 1 aliphatic carbocycles. The first kappa shape index (κ1) is 18.2. The minimum absolute atomic E-state index is 0.0379. The lowest BCUT2D eigenvalue weighted by atomic mass is 10.00. The van der Waals surface area contributed by atoms with Crippen molar-refractivity contribution in [1.29, 1.82) is 0 Å². The maximum absolute atomic E-state index is 13.0. The van der Waals surface area contributed by atoms with Crippen LogP contribution in [-0.2, 0) is 11.2 Å². The van der Waals surface area contributed by atoms with Crippen LogP contribution in [0.15, 0.2) is 28.8 Å². The van der Waals surface area contributed by atoms with Crippen LogP contribution in [-0.4, -0.2) is 40.7 Å². The second kappa shape index (κ2) is 8.21. The molecule has 2 heterocycles. The first-order valence-electron chi connectivity index (χ1n) is 9.98. The number of carbonyl (C=O) groups excluding carboxylic acids is 1. The summed E-state index contributed by atoms with van der Waals surface area (Å²) < 4.78 is 11.2. The standard InChI is InChI=1S/C21H27N3O3/c1-15-5-4-6-17(13-15)21(25)24-11-3-2-7-18(24)20-22-19(23-27-20)10-12-26-14-16-8-9-16/h4-6,13,16,18H,2-3,7-12,14H2,1H3. The summed E-state index contributed by atoms with van der Waals surface area (Å²) in [6, 6.07) is 7.59. The van der Waals surface area contributed by atoms with Gasteiger partial charge in [0.25, 0.3) is 5.91 Å². The highest BCUT2D eigenvalue weighted by atomic mass is 16.5. The Morgan fingerprint density at radius 3 is 3.00 bits per heavy atom. The number of hydrogen-bond donors (Lipinski definition) is 0. The smallest absolute Gasteiger partial charge is 0.254 e. The molecule has 0 bridgehead atoms. The molecule has 27 heavy (non-hydrogen) atoms. The molecule has 0 radical (unpaired) electrons. The highest BCUT2D eigenvalue weighted by Crippen LogP contribution is 2.31. The Bertz CT molecular complexity index is 784. The lowest BCUT2D eigenvalue weighted by molar-refractivity contribution is 0.0561. The van der Waals surface area contributed by atoms with Crippen LogP contribution in [0.25, 0.3) is 0 Å². The molecule has 2 aliphatic rings. The van der Waals surface area contributed by atoms with Gasteiger partial charge in [-0.1, -0.05) is 22.9 Å². The number of benzene rings is 1. The summed E-state index contributed by atoms with van der Waals surface area (Å²) in [5.41, 5.74) is 1.80. The van der Waals surface area contributed by atoms with Gasteiger partial charge in [0.1, 0.15) is 6.04 Å². The lowest BCUT2D eigenvalue weighted by Gasteiger charge is -2.33. The molecule has 6 heteroatoms. The largest absolute Gasteiger partial charge is 0.381 e. The van der Waals surface area contributed by atoms with Crippen molar-refractivity contribution >= 4 is 5.91 Å².